The summed E-state index contributed by atoms with van der Waals surface area (Å²) in [6.07, 6.45) is 2.51. The first-order valence-electron chi connectivity index (χ1n) is 6.85. The van der Waals surface area contributed by atoms with Gasteiger partial charge in [0.25, 0.3) is 0 Å². The minimum Gasteiger partial charge on any atom is -0.381 e. The van der Waals surface area contributed by atoms with Gasteiger partial charge in [-0.1, -0.05) is 6.92 Å². The Morgan fingerprint density at radius 3 is 2.79 bits per heavy atom. The van der Waals surface area contributed by atoms with Crippen molar-refractivity contribution in [3.8, 4) is 6.07 Å². The predicted molar refractivity (Wildman–Crippen MR) is 74.4 cm³/mol. The molecule has 0 aliphatic carbocycles. The molecule has 2 rings (SSSR count). The summed E-state index contributed by atoms with van der Waals surface area (Å²) < 4.78 is 13.6. The quantitative estimate of drug-likeness (QED) is 0.906. The summed E-state index contributed by atoms with van der Waals surface area (Å²) in [5, 5.41) is 11.8. The van der Waals surface area contributed by atoms with Gasteiger partial charge in [0, 0.05) is 13.1 Å². The van der Waals surface area contributed by atoms with E-state index in [2.05, 4.69) is 17.1 Å². The van der Waals surface area contributed by atoms with Crippen LogP contribution in [0.25, 0.3) is 0 Å². The molecule has 0 unspecified atom stereocenters. The Hall–Kier alpha value is -1.60. The number of nitrogens with zero attached hydrogens (tertiary/aromatic N) is 2. The zero-order valence-electron chi connectivity index (χ0n) is 11.3. The van der Waals surface area contributed by atoms with Crippen molar-refractivity contribution in [2.24, 2.45) is 5.92 Å². The molecule has 102 valence electrons. The summed E-state index contributed by atoms with van der Waals surface area (Å²) in [6.45, 7) is 6.24. The van der Waals surface area contributed by atoms with Crippen LogP contribution in [0.4, 0.5) is 10.1 Å². The van der Waals surface area contributed by atoms with Gasteiger partial charge >= 0.3 is 0 Å². The van der Waals surface area contributed by atoms with E-state index in [0.29, 0.717) is 11.3 Å². The molecule has 1 aliphatic rings. The minimum absolute atomic E-state index is 0.355. The standard InChI is InChI=1S/C15H20FN3/c1-12-4-7-19(8-5-12)9-6-18-15-3-2-13(11-17)10-14(15)16/h2-3,10,12,18H,4-9H2,1H3. The van der Waals surface area contributed by atoms with Gasteiger partial charge in [0.05, 0.1) is 17.3 Å². The van der Waals surface area contributed by atoms with Gasteiger partial charge in [0.2, 0.25) is 0 Å². The second-order valence-electron chi connectivity index (χ2n) is 5.26. The largest absolute Gasteiger partial charge is 0.381 e. The molecular weight excluding hydrogens is 241 g/mol. The highest BCUT2D eigenvalue weighted by Gasteiger charge is 2.14. The van der Waals surface area contributed by atoms with Crippen LogP contribution < -0.4 is 5.32 Å². The van der Waals surface area contributed by atoms with E-state index in [-0.39, 0.29) is 5.82 Å². The lowest BCUT2D eigenvalue weighted by Crippen LogP contribution is -2.36. The van der Waals surface area contributed by atoms with Gasteiger partial charge in [-0.15, -0.1) is 0 Å². The number of benzene rings is 1. The average Bonchev–Trinajstić information content (AvgIpc) is 2.42. The second-order valence-corrected chi connectivity index (χ2v) is 5.26. The fourth-order valence-electron chi connectivity index (χ4n) is 2.36. The summed E-state index contributed by atoms with van der Waals surface area (Å²) in [5.41, 5.74) is 0.831. The fourth-order valence-corrected chi connectivity index (χ4v) is 2.36. The van der Waals surface area contributed by atoms with Crippen molar-refractivity contribution >= 4 is 5.69 Å². The minimum atomic E-state index is -0.355. The number of nitriles is 1. The SMILES string of the molecule is CC1CCN(CCNc2ccc(C#N)cc2F)CC1. The van der Waals surface area contributed by atoms with Crippen LogP contribution in [0, 0.1) is 23.1 Å². The summed E-state index contributed by atoms with van der Waals surface area (Å²) in [6, 6.07) is 6.46. The lowest BCUT2D eigenvalue weighted by Gasteiger charge is -2.30. The molecule has 4 heteroatoms. The average molecular weight is 261 g/mol. The molecule has 1 saturated heterocycles. The molecule has 19 heavy (non-hydrogen) atoms. The van der Waals surface area contributed by atoms with Crippen molar-refractivity contribution in [3.63, 3.8) is 0 Å². The number of piperidine rings is 1. The van der Waals surface area contributed by atoms with Gasteiger partial charge in [-0.2, -0.15) is 5.26 Å². The van der Waals surface area contributed by atoms with Crippen LogP contribution in [-0.2, 0) is 0 Å². The Morgan fingerprint density at radius 2 is 2.16 bits per heavy atom. The molecule has 1 aromatic rings. The number of rotatable bonds is 4. The Balaban J connectivity index is 1.78. The lowest BCUT2D eigenvalue weighted by molar-refractivity contribution is 0.199. The summed E-state index contributed by atoms with van der Waals surface area (Å²) in [7, 11) is 0. The van der Waals surface area contributed by atoms with E-state index in [4.69, 9.17) is 5.26 Å². The number of anilines is 1. The Labute approximate surface area is 114 Å². The Morgan fingerprint density at radius 1 is 1.42 bits per heavy atom. The van der Waals surface area contributed by atoms with E-state index < -0.39 is 0 Å². The van der Waals surface area contributed by atoms with E-state index in [1.54, 1.807) is 12.1 Å². The Kier molecular flexibility index (Phi) is 4.75. The third-order valence-corrected chi connectivity index (χ3v) is 3.72. The lowest BCUT2D eigenvalue weighted by atomic mass is 9.99. The normalized spacial score (nSPS) is 17.1. The van der Waals surface area contributed by atoms with Gasteiger partial charge < -0.3 is 10.2 Å². The number of likely N-dealkylation sites (tertiary alicyclic amines) is 1. The zero-order chi connectivity index (χ0) is 13.7. The first kappa shape index (κ1) is 13.8. The molecule has 0 spiro atoms. The van der Waals surface area contributed by atoms with Crippen molar-refractivity contribution in [1.29, 1.82) is 5.26 Å². The molecule has 0 amide bonds. The molecule has 1 fully saturated rings. The van der Waals surface area contributed by atoms with Gasteiger partial charge in [-0.05, 0) is 50.0 Å². The Bertz CT molecular complexity index is 459. The molecule has 1 aromatic carbocycles. The molecule has 0 saturated carbocycles. The van der Waals surface area contributed by atoms with Crippen LogP contribution in [0.5, 0.6) is 0 Å². The number of hydrogen-bond donors (Lipinski definition) is 1. The smallest absolute Gasteiger partial charge is 0.147 e. The van der Waals surface area contributed by atoms with E-state index in [9.17, 15) is 4.39 Å². The summed E-state index contributed by atoms with van der Waals surface area (Å²) in [5.74, 6) is 0.478. The van der Waals surface area contributed by atoms with Crippen LogP contribution in [0.15, 0.2) is 18.2 Å². The third kappa shape index (κ3) is 3.93. The van der Waals surface area contributed by atoms with Crippen molar-refractivity contribution < 1.29 is 4.39 Å². The van der Waals surface area contributed by atoms with E-state index >= 15 is 0 Å². The van der Waals surface area contributed by atoms with Crippen molar-refractivity contribution in [2.45, 2.75) is 19.8 Å². The molecule has 3 nitrogen and oxygen atoms in total. The second kappa shape index (κ2) is 6.53. The first-order valence-corrected chi connectivity index (χ1v) is 6.85. The third-order valence-electron chi connectivity index (χ3n) is 3.72. The maximum absolute atomic E-state index is 13.6. The summed E-state index contributed by atoms with van der Waals surface area (Å²) >= 11 is 0. The number of halogens is 1. The summed E-state index contributed by atoms with van der Waals surface area (Å²) in [4.78, 5) is 2.41. The van der Waals surface area contributed by atoms with E-state index in [1.165, 1.54) is 18.9 Å². The molecule has 1 N–H and O–H groups in total. The first-order chi connectivity index (χ1) is 9.19. The van der Waals surface area contributed by atoms with E-state index in [1.807, 2.05) is 6.07 Å². The zero-order valence-corrected chi connectivity index (χ0v) is 11.3. The highest BCUT2D eigenvalue weighted by Crippen LogP contribution is 2.17. The van der Waals surface area contributed by atoms with Crippen LogP contribution >= 0.6 is 0 Å². The highest BCUT2D eigenvalue weighted by molar-refractivity contribution is 5.48. The predicted octanol–water partition coefficient (Wildman–Crippen LogP) is 2.84. The molecular formula is C15H20FN3. The van der Waals surface area contributed by atoms with Crippen molar-refractivity contribution in [2.75, 3.05) is 31.5 Å². The molecule has 1 heterocycles. The van der Waals surface area contributed by atoms with Gasteiger partial charge in [-0.3, -0.25) is 0 Å². The highest BCUT2D eigenvalue weighted by atomic mass is 19.1. The van der Waals surface area contributed by atoms with Crippen LogP contribution in [-0.4, -0.2) is 31.1 Å². The molecule has 1 aliphatic heterocycles. The maximum Gasteiger partial charge on any atom is 0.147 e. The van der Waals surface area contributed by atoms with Gasteiger partial charge in [0.15, 0.2) is 0 Å². The number of hydrogen-bond acceptors (Lipinski definition) is 3. The number of nitrogens with one attached hydrogen (secondary N) is 1. The fraction of sp³-hybridized carbons (Fsp3) is 0.533. The van der Waals surface area contributed by atoms with Crippen molar-refractivity contribution in [1.82, 2.24) is 4.90 Å². The van der Waals surface area contributed by atoms with Crippen molar-refractivity contribution in [3.05, 3.63) is 29.6 Å². The molecule has 0 atom stereocenters. The monoisotopic (exact) mass is 261 g/mol. The van der Waals surface area contributed by atoms with E-state index in [0.717, 1.165) is 32.1 Å². The maximum atomic E-state index is 13.6. The van der Waals surface area contributed by atoms with Gasteiger partial charge in [0.1, 0.15) is 5.82 Å². The molecule has 0 radical (unpaired) electrons. The van der Waals surface area contributed by atoms with Crippen LogP contribution in [0.3, 0.4) is 0 Å². The van der Waals surface area contributed by atoms with Crippen LogP contribution in [0.1, 0.15) is 25.3 Å². The van der Waals surface area contributed by atoms with Gasteiger partial charge in [-0.25, -0.2) is 4.39 Å². The van der Waals surface area contributed by atoms with Crippen LogP contribution in [0.2, 0.25) is 0 Å². The molecule has 0 aromatic heterocycles. The topological polar surface area (TPSA) is 39.1 Å². The molecule has 0 bridgehead atoms.